The van der Waals surface area contributed by atoms with Gasteiger partial charge in [0.2, 0.25) is 0 Å². The number of rotatable bonds is 6. The van der Waals surface area contributed by atoms with E-state index in [-0.39, 0.29) is 6.42 Å². The van der Waals surface area contributed by atoms with Crippen LogP contribution in [-0.4, -0.2) is 16.7 Å². The summed E-state index contributed by atoms with van der Waals surface area (Å²) in [7, 11) is 0. The van der Waals surface area contributed by atoms with Crippen molar-refractivity contribution in [3.05, 3.63) is 65.7 Å². The minimum absolute atomic E-state index is 0.108. The fourth-order valence-corrected chi connectivity index (χ4v) is 2.27. The fourth-order valence-electron chi connectivity index (χ4n) is 2.27. The molecule has 0 heterocycles. The van der Waals surface area contributed by atoms with Crippen LogP contribution in [0.3, 0.4) is 0 Å². The molecule has 0 aliphatic carbocycles. The zero-order chi connectivity index (χ0) is 17.6. The van der Waals surface area contributed by atoms with Gasteiger partial charge in [-0.3, -0.25) is 4.79 Å². The predicted molar refractivity (Wildman–Crippen MR) is 92.6 cm³/mol. The van der Waals surface area contributed by atoms with Crippen molar-refractivity contribution in [1.82, 2.24) is 0 Å². The molecular formula is C20H24O4. The highest BCUT2D eigenvalue weighted by molar-refractivity contribution is 5.71. The lowest BCUT2D eigenvalue weighted by Crippen LogP contribution is -2.25. The molecule has 1 atom stereocenters. The molecule has 24 heavy (non-hydrogen) atoms. The zero-order valence-corrected chi connectivity index (χ0v) is 14.4. The molecule has 1 unspecified atom stereocenters. The Bertz CT molecular complexity index is 659. The van der Waals surface area contributed by atoms with Crippen molar-refractivity contribution in [3.63, 3.8) is 0 Å². The third-order valence-electron chi connectivity index (χ3n) is 3.30. The Balaban J connectivity index is 2.03. The molecule has 0 aromatic heterocycles. The maximum absolute atomic E-state index is 11.9. The van der Waals surface area contributed by atoms with E-state index in [9.17, 15) is 9.90 Å². The first kappa shape index (κ1) is 18.0. The summed E-state index contributed by atoms with van der Waals surface area (Å²) in [6.07, 6.45) is -1.07. The van der Waals surface area contributed by atoms with E-state index >= 15 is 0 Å². The topological polar surface area (TPSA) is 55.8 Å². The normalized spacial score (nSPS) is 12.5. The molecule has 2 aromatic carbocycles. The van der Waals surface area contributed by atoms with Gasteiger partial charge in [-0.15, -0.1) is 0 Å². The number of esters is 1. The van der Waals surface area contributed by atoms with Crippen LogP contribution in [0, 0.1) is 0 Å². The van der Waals surface area contributed by atoms with Crippen molar-refractivity contribution in [1.29, 1.82) is 0 Å². The van der Waals surface area contributed by atoms with Gasteiger partial charge in [0.15, 0.2) is 0 Å². The molecule has 0 aliphatic heterocycles. The van der Waals surface area contributed by atoms with Gasteiger partial charge in [-0.1, -0.05) is 48.5 Å². The number of ether oxygens (including phenoxy) is 2. The van der Waals surface area contributed by atoms with Crippen LogP contribution >= 0.6 is 0 Å². The van der Waals surface area contributed by atoms with Crippen LogP contribution in [0.1, 0.15) is 44.4 Å². The maximum Gasteiger partial charge on any atom is 0.309 e. The molecule has 4 nitrogen and oxygen atoms in total. The summed E-state index contributed by atoms with van der Waals surface area (Å²) in [6, 6.07) is 17.0. The van der Waals surface area contributed by atoms with E-state index in [4.69, 9.17) is 9.47 Å². The molecule has 1 N–H and O–H groups in total. The van der Waals surface area contributed by atoms with Crippen molar-refractivity contribution in [2.45, 2.75) is 45.5 Å². The molecular weight excluding hydrogens is 304 g/mol. The van der Waals surface area contributed by atoms with Gasteiger partial charge in [-0.25, -0.2) is 0 Å². The maximum atomic E-state index is 11.9. The summed E-state index contributed by atoms with van der Waals surface area (Å²) >= 11 is 0. The van der Waals surface area contributed by atoms with Gasteiger partial charge in [-0.2, -0.15) is 0 Å². The molecule has 4 heteroatoms. The summed E-state index contributed by atoms with van der Waals surface area (Å²) in [5.41, 5.74) is 1.05. The quantitative estimate of drug-likeness (QED) is 0.813. The lowest BCUT2D eigenvalue weighted by atomic mass is 10.1. The van der Waals surface area contributed by atoms with E-state index in [1.54, 1.807) is 32.9 Å². The third-order valence-corrected chi connectivity index (χ3v) is 3.30. The molecule has 0 amide bonds. The molecule has 0 aliphatic rings. The molecule has 128 valence electrons. The van der Waals surface area contributed by atoms with Crippen LogP contribution < -0.4 is 4.74 Å². The second-order valence-electron chi connectivity index (χ2n) is 6.62. The smallest absolute Gasteiger partial charge is 0.309 e. The van der Waals surface area contributed by atoms with Crippen molar-refractivity contribution in [2.75, 3.05) is 0 Å². The highest BCUT2D eigenvalue weighted by Gasteiger charge is 2.22. The van der Waals surface area contributed by atoms with Crippen molar-refractivity contribution in [2.24, 2.45) is 0 Å². The highest BCUT2D eigenvalue weighted by atomic mass is 16.6. The summed E-state index contributed by atoms with van der Waals surface area (Å²) < 4.78 is 11.1. The standard InChI is InChI=1S/C20H24O4/c1-20(2,3)24-19(22)13-17(21)16-11-7-8-12-18(16)23-14-15-9-5-4-6-10-15/h4-12,17,21H,13-14H2,1-3H3. The first-order valence-electron chi connectivity index (χ1n) is 8.01. The van der Waals surface area contributed by atoms with E-state index in [1.165, 1.54) is 0 Å². The Labute approximate surface area is 143 Å². The van der Waals surface area contributed by atoms with Gasteiger partial charge < -0.3 is 14.6 Å². The van der Waals surface area contributed by atoms with Crippen LogP contribution in [0.25, 0.3) is 0 Å². The Morgan fingerprint density at radius 1 is 1.04 bits per heavy atom. The molecule has 2 aromatic rings. The lowest BCUT2D eigenvalue weighted by molar-refractivity contribution is -0.157. The van der Waals surface area contributed by atoms with E-state index in [0.717, 1.165) is 5.56 Å². The molecule has 0 saturated heterocycles. The predicted octanol–water partition coefficient (Wildman–Crippen LogP) is 4.03. The lowest BCUT2D eigenvalue weighted by Gasteiger charge is -2.21. The van der Waals surface area contributed by atoms with Crippen molar-refractivity contribution < 1.29 is 19.4 Å². The largest absolute Gasteiger partial charge is 0.489 e. The second-order valence-corrected chi connectivity index (χ2v) is 6.62. The molecule has 0 saturated carbocycles. The van der Waals surface area contributed by atoms with Gasteiger partial charge in [0, 0.05) is 5.56 Å². The number of carbonyl (C=O) groups is 1. The average Bonchev–Trinajstić information content (AvgIpc) is 2.52. The number of hydrogen-bond acceptors (Lipinski definition) is 4. The second kappa shape index (κ2) is 7.97. The Hall–Kier alpha value is -2.33. The van der Waals surface area contributed by atoms with Crippen LogP contribution in [0.5, 0.6) is 5.75 Å². The summed E-state index contributed by atoms with van der Waals surface area (Å²) in [5.74, 6) is 0.130. The minimum Gasteiger partial charge on any atom is -0.489 e. The third kappa shape index (κ3) is 5.70. The average molecular weight is 328 g/mol. The van der Waals surface area contributed by atoms with E-state index in [1.807, 2.05) is 42.5 Å². The van der Waals surface area contributed by atoms with Crippen LogP contribution in [0.2, 0.25) is 0 Å². The number of aliphatic hydroxyl groups excluding tert-OH is 1. The van der Waals surface area contributed by atoms with E-state index < -0.39 is 17.7 Å². The molecule has 0 fully saturated rings. The summed E-state index contributed by atoms with van der Waals surface area (Å²) in [6.45, 7) is 5.80. The molecule has 2 rings (SSSR count). The molecule has 0 spiro atoms. The first-order chi connectivity index (χ1) is 11.3. The summed E-state index contributed by atoms with van der Waals surface area (Å²) in [4.78, 5) is 11.9. The van der Waals surface area contributed by atoms with Crippen LogP contribution in [0.4, 0.5) is 0 Å². The first-order valence-corrected chi connectivity index (χ1v) is 8.01. The SMILES string of the molecule is CC(C)(C)OC(=O)CC(O)c1ccccc1OCc1ccccc1. The number of para-hydroxylation sites is 1. The summed E-state index contributed by atoms with van der Waals surface area (Å²) in [5, 5.41) is 10.4. The van der Waals surface area contributed by atoms with Crippen molar-refractivity contribution in [3.8, 4) is 5.75 Å². The fraction of sp³-hybridized carbons (Fsp3) is 0.350. The Kier molecular flexibility index (Phi) is 5.99. The van der Waals surface area contributed by atoms with Crippen LogP contribution in [0.15, 0.2) is 54.6 Å². The van der Waals surface area contributed by atoms with E-state index in [2.05, 4.69) is 0 Å². The van der Waals surface area contributed by atoms with Crippen molar-refractivity contribution >= 4 is 5.97 Å². The van der Waals surface area contributed by atoms with Gasteiger partial charge in [0.1, 0.15) is 18.0 Å². The number of hydrogen-bond donors (Lipinski definition) is 1. The molecule has 0 bridgehead atoms. The Morgan fingerprint density at radius 2 is 1.67 bits per heavy atom. The monoisotopic (exact) mass is 328 g/mol. The Morgan fingerprint density at radius 3 is 2.33 bits per heavy atom. The number of carbonyl (C=O) groups excluding carboxylic acids is 1. The highest BCUT2D eigenvalue weighted by Crippen LogP contribution is 2.28. The van der Waals surface area contributed by atoms with Gasteiger partial charge in [0.25, 0.3) is 0 Å². The number of aliphatic hydroxyl groups is 1. The van der Waals surface area contributed by atoms with Gasteiger partial charge in [0.05, 0.1) is 12.5 Å². The zero-order valence-electron chi connectivity index (χ0n) is 14.4. The van der Waals surface area contributed by atoms with Gasteiger partial charge >= 0.3 is 5.97 Å². The molecule has 0 radical (unpaired) electrons. The van der Waals surface area contributed by atoms with Crippen LogP contribution in [-0.2, 0) is 16.1 Å². The minimum atomic E-state index is -0.966. The van der Waals surface area contributed by atoms with E-state index in [0.29, 0.717) is 17.9 Å². The number of benzene rings is 2. The van der Waals surface area contributed by atoms with Gasteiger partial charge in [-0.05, 0) is 32.4 Å².